The van der Waals surface area contributed by atoms with Crippen molar-refractivity contribution in [2.45, 2.75) is 0 Å². The predicted molar refractivity (Wildman–Crippen MR) is 82.4 cm³/mol. The van der Waals surface area contributed by atoms with Gasteiger partial charge in [-0.1, -0.05) is 0 Å². The van der Waals surface area contributed by atoms with Crippen LogP contribution in [0.2, 0.25) is 0 Å². The summed E-state index contributed by atoms with van der Waals surface area (Å²) in [5.41, 5.74) is 1.07. The topological polar surface area (TPSA) is 37.8 Å². The molecule has 4 rings (SSSR count). The summed E-state index contributed by atoms with van der Waals surface area (Å²) in [6, 6.07) is 2.83. The van der Waals surface area contributed by atoms with Gasteiger partial charge in [-0.05, 0) is 17.5 Å². The molecular formula is C14H6F3N3S2. The largest absolute Gasteiger partial charge is 0.348 e. The molecule has 0 saturated carbocycles. The van der Waals surface area contributed by atoms with E-state index in [1.165, 1.54) is 22.9 Å². The summed E-state index contributed by atoms with van der Waals surface area (Å²) in [5, 5.41) is 4.74. The zero-order valence-corrected chi connectivity index (χ0v) is 12.4. The molecule has 3 heterocycles. The monoisotopic (exact) mass is 337 g/mol. The van der Waals surface area contributed by atoms with Crippen molar-refractivity contribution < 1.29 is 13.2 Å². The highest BCUT2D eigenvalue weighted by molar-refractivity contribution is 7.17. The highest BCUT2D eigenvalue weighted by Gasteiger charge is 2.19. The van der Waals surface area contributed by atoms with Crippen molar-refractivity contribution in [3.05, 3.63) is 46.7 Å². The number of thiazole rings is 1. The van der Waals surface area contributed by atoms with Gasteiger partial charge in [-0.2, -0.15) is 0 Å². The van der Waals surface area contributed by atoms with Crippen LogP contribution in [-0.4, -0.2) is 9.97 Å². The first-order valence-electron chi connectivity index (χ1n) is 6.15. The van der Waals surface area contributed by atoms with Gasteiger partial charge in [0, 0.05) is 5.39 Å². The van der Waals surface area contributed by atoms with Gasteiger partial charge >= 0.3 is 0 Å². The lowest BCUT2D eigenvalue weighted by Gasteiger charge is -2.11. The van der Waals surface area contributed by atoms with E-state index >= 15 is 0 Å². The van der Waals surface area contributed by atoms with Crippen molar-refractivity contribution in [2.24, 2.45) is 0 Å². The molecule has 0 spiro atoms. The van der Waals surface area contributed by atoms with Gasteiger partial charge in [0.2, 0.25) is 0 Å². The van der Waals surface area contributed by atoms with E-state index in [4.69, 9.17) is 0 Å². The standard InChI is InChI=1S/C14H6F3N3S2/c15-7-3-9-13(19-5-22-9)10(17)12(7)20-11-6-1-2-21-14(6)18-4-8(11)16/h1-5H,(H,18,20). The number of nitrogens with zero attached hydrogens (tertiary/aromatic N) is 2. The smallest absolute Gasteiger partial charge is 0.176 e. The summed E-state index contributed by atoms with van der Waals surface area (Å²) in [5.74, 6) is -2.31. The summed E-state index contributed by atoms with van der Waals surface area (Å²) in [6.07, 6.45) is 1.03. The van der Waals surface area contributed by atoms with Gasteiger partial charge < -0.3 is 5.32 Å². The molecule has 4 aromatic rings. The first-order chi connectivity index (χ1) is 10.6. The number of benzene rings is 1. The summed E-state index contributed by atoms with van der Waals surface area (Å²) >= 11 is 2.45. The third-order valence-corrected chi connectivity index (χ3v) is 4.81. The van der Waals surface area contributed by atoms with Crippen LogP contribution in [0.4, 0.5) is 24.5 Å². The molecule has 0 atom stereocenters. The Balaban J connectivity index is 1.92. The Labute approximate surface area is 130 Å². The SMILES string of the molecule is Fc1cc2scnc2c(F)c1Nc1c(F)cnc2sccc12. The number of halogens is 3. The zero-order valence-electron chi connectivity index (χ0n) is 10.7. The Bertz CT molecular complexity index is 1010. The minimum Gasteiger partial charge on any atom is -0.348 e. The zero-order chi connectivity index (χ0) is 15.3. The van der Waals surface area contributed by atoms with Crippen molar-refractivity contribution in [3.63, 3.8) is 0 Å². The van der Waals surface area contributed by atoms with E-state index in [1.54, 1.807) is 11.4 Å². The Morgan fingerprint density at radius 3 is 2.73 bits per heavy atom. The van der Waals surface area contributed by atoms with E-state index in [-0.39, 0.29) is 11.2 Å². The van der Waals surface area contributed by atoms with E-state index in [0.717, 1.165) is 17.5 Å². The lowest BCUT2D eigenvalue weighted by molar-refractivity contribution is 0.596. The Hall–Kier alpha value is -2.19. The second-order valence-corrected chi connectivity index (χ2v) is 6.27. The number of rotatable bonds is 2. The molecule has 8 heteroatoms. The molecule has 3 aromatic heterocycles. The number of aromatic nitrogens is 2. The van der Waals surface area contributed by atoms with Gasteiger partial charge in [-0.15, -0.1) is 22.7 Å². The van der Waals surface area contributed by atoms with E-state index in [2.05, 4.69) is 15.3 Å². The molecule has 22 heavy (non-hydrogen) atoms. The van der Waals surface area contributed by atoms with E-state index in [1.807, 2.05) is 0 Å². The van der Waals surface area contributed by atoms with Crippen LogP contribution in [0, 0.1) is 17.5 Å². The summed E-state index contributed by atoms with van der Waals surface area (Å²) in [7, 11) is 0. The molecule has 0 aliphatic rings. The first kappa shape index (κ1) is 13.5. The fourth-order valence-electron chi connectivity index (χ4n) is 2.20. The van der Waals surface area contributed by atoms with Gasteiger partial charge in [0.25, 0.3) is 0 Å². The molecule has 0 radical (unpaired) electrons. The van der Waals surface area contributed by atoms with Gasteiger partial charge in [-0.25, -0.2) is 23.1 Å². The average Bonchev–Trinajstić information content (AvgIpc) is 3.13. The normalized spacial score (nSPS) is 11.4. The molecule has 0 aliphatic heterocycles. The minimum atomic E-state index is -0.837. The summed E-state index contributed by atoms with van der Waals surface area (Å²) in [6.45, 7) is 0. The molecule has 0 bridgehead atoms. The maximum Gasteiger partial charge on any atom is 0.176 e. The van der Waals surface area contributed by atoms with Crippen LogP contribution in [0.1, 0.15) is 0 Å². The van der Waals surface area contributed by atoms with Gasteiger partial charge in [0.05, 0.1) is 22.1 Å². The third kappa shape index (κ3) is 1.95. The summed E-state index contributed by atoms with van der Waals surface area (Å²) in [4.78, 5) is 8.39. The fourth-order valence-corrected chi connectivity index (χ4v) is 3.64. The maximum atomic E-state index is 14.4. The second kappa shape index (κ2) is 4.92. The van der Waals surface area contributed by atoms with Crippen LogP contribution in [0.15, 0.2) is 29.2 Å². The van der Waals surface area contributed by atoms with E-state index in [0.29, 0.717) is 14.9 Å². The molecular weight excluding hydrogens is 331 g/mol. The Kier molecular flexibility index (Phi) is 3.02. The van der Waals surface area contributed by atoms with Crippen LogP contribution in [0.3, 0.4) is 0 Å². The van der Waals surface area contributed by atoms with Crippen LogP contribution in [-0.2, 0) is 0 Å². The van der Waals surface area contributed by atoms with Crippen LogP contribution < -0.4 is 5.32 Å². The Morgan fingerprint density at radius 2 is 1.86 bits per heavy atom. The van der Waals surface area contributed by atoms with Crippen molar-refractivity contribution >= 4 is 54.5 Å². The third-order valence-electron chi connectivity index (χ3n) is 3.22. The number of hydrogen-bond donors (Lipinski definition) is 1. The molecule has 0 saturated heterocycles. The van der Waals surface area contributed by atoms with E-state index < -0.39 is 23.1 Å². The highest BCUT2D eigenvalue weighted by Crippen LogP contribution is 2.35. The maximum absolute atomic E-state index is 14.4. The molecule has 1 N–H and O–H groups in total. The van der Waals surface area contributed by atoms with Crippen molar-refractivity contribution in [1.82, 2.24) is 9.97 Å². The second-order valence-electron chi connectivity index (χ2n) is 4.49. The number of nitrogens with one attached hydrogen (secondary N) is 1. The predicted octanol–water partition coefficient (Wildman–Crippen LogP) is 5.07. The number of hydrogen-bond acceptors (Lipinski definition) is 5. The molecule has 0 fully saturated rings. The molecule has 0 amide bonds. The number of pyridine rings is 1. The van der Waals surface area contributed by atoms with Crippen LogP contribution in [0.25, 0.3) is 20.4 Å². The number of anilines is 2. The molecule has 1 aromatic carbocycles. The van der Waals surface area contributed by atoms with Crippen LogP contribution >= 0.6 is 22.7 Å². The first-order valence-corrected chi connectivity index (χ1v) is 7.91. The molecule has 0 aliphatic carbocycles. The number of thiophene rings is 1. The molecule has 3 nitrogen and oxygen atoms in total. The molecule has 110 valence electrons. The molecule has 0 unspecified atom stereocenters. The number of fused-ring (bicyclic) bond motifs is 2. The van der Waals surface area contributed by atoms with Crippen molar-refractivity contribution in [2.75, 3.05) is 5.32 Å². The highest BCUT2D eigenvalue weighted by atomic mass is 32.1. The lowest BCUT2D eigenvalue weighted by atomic mass is 10.2. The summed E-state index contributed by atoms with van der Waals surface area (Å²) < 4.78 is 43.0. The Morgan fingerprint density at radius 1 is 1.00 bits per heavy atom. The van der Waals surface area contributed by atoms with Crippen molar-refractivity contribution in [3.8, 4) is 0 Å². The van der Waals surface area contributed by atoms with Gasteiger partial charge in [-0.3, -0.25) is 0 Å². The minimum absolute atomic E-state index is 0.00127. The van der Waals surface area contributed by atoms with Crippen molar-refractivity contribution in [1.29, 1.82) is 0 Å². The lowest BCUT2D eigenvalue weighted by Crippen LogP contribution is -2.01. The average molecular weight is 337 g/mol. The van der Waals surface area contributed by atoms with Gasteiger partial charge in [0.15, 0.2) is 17.5 Å². The van der Waals surface area contributed by atoms with Gasteiger partial charge in [0.1, 0.15) is 16.0 Å². The van der Waals surface area contributed by atoms with E-state index in [9.17, 15) is 13.2 Å². The quantitative estimate of drug-likeness (QED) is 0.555. The van der Waals surface area contributed by atoms with Crippen LogP contribution in [0.5, 0.6) is 0 Å². The fraction of sp³-hybridized carbons (Fsp3) is 0.